The van der Waals surface area contributed by atoms with Crippen LogP contribution in [0.5, 0.6) is 0 Å². The number of carbonyl (C=O) groups is 2. The highest BCUT2D eigenvalue weighted by Crippen LogP contribution is 2.22. The summed E-state index contributed by atoms with van der Waals surface area (Å²) in [5.74, 6) is -0.550. The van der Waals surface area contributed by atoms with E-state index in [4.69, 9.17) is 9.84 Å². The second kappa shape index (κ2) is 7.11. The molecule has 1 aliphatic heterocycles. The first-order valence-electron chi connectivity index (χ1n) is 5.98. The molecule has 0 aromatic rings. The zero-order valence-electron chi connectivity index (χ0n) is 10.1. The maximum absolute atomic E-state index is 11.3. The molecule has 98 valence electrons. The lowest BCUT2D eigenvalue weighted by Gasteiger charge is -2.17. The smallest absolute Gasteiger partial charge is 0.314 e. The molecular formula is C11H20N2O4. The fourth-order valence-electron chi connectivity index (χ4n) is 1.95. The van der Waals surface area contributed by atoms with E-state index in [0.717, 1.165) is 19.4 Å². The Morgan fingerprint density at radius 2 is 2.18 bits per heavy atom. The summed E-state index contributed by atoms with van der Waals surface area (Å²) in [7, 11) is 0. The van der Waals surface area contributed by atoms with Crippen LogP contribution in [0.1, 0.15) is 26.2 Å². The van der Waals surface area contributed by atoms with Gasteiger partial charge < -0.3 is 20.5 Å². The molecule has 0 spiro atoms. The molecule has 2 amide bonds. The number of hydrogen-bond donors (Lipinski definition) is 3. The first kappa shape index (κ1) is 13.8. The van der Waals surface area contributed by atoms with E-state index in [9.17, 15) is 9.59 Å². The number of carboxylic acids is 1. The molecule has 0 saturated carbocycles. The van der Waals surface area contributed by atoms with Gasteiger partial charge in [-0.1, -0.05) is 6.92 Å². The highest BCUT2D eigenvalue weighted by Gasteiger charge is 2.26. The molecule has 0 aliphatic carbocycles. The van der Waals surface area contributed by atoms with Crippen molar-refractivity contribution in [1.29, 1.82) is 0 Å². The van der Waals surface area contributed by atoms with E-state index in [1.807, 2.05) is 0 Å². The lowest BCUT2D eigenvalue weighted by molar-refractivity contribution is -0.136. The maximum atomic E-state index is 11.3. The van der Waals surface area contributed by atoms with Crippen molar-refractivity contribution in [2.45, 2.75) is 32.3 Å². The Balaban J connectivity index is 2.12. The highest BCUT2D eigenvalue weighted by molar-refractivity contribution is 5.74. The summed E-state index contributed by atoms with van der Waals surface area (Å²) >= 11 is 0. The number of ether oxygens (including phenoxy) is 1. The lowest BCUT2D eigenvalue weighted by Crippen LogP contribution is -2.40. The Kier molecular flexibility index (Phi) is 5.76. The summed E-state index contributed by atoms with van der Waals surface area (Å²) in [5, 5.41) is 13.6. The van der Waals surface area contributed by atoms with Crippen molar-refractivity contribution in [2.75, 3.05) is 19.7 Å². The molecule has 3 N–H and O–H groups in total. The molecule has 6 heteroatoms. The largest absolute Gasteiger partial charge is 0.481 e. The molecular weight excluding hydrogens is 224 g/mol. The van der Waals surface area contributed by atoms with Crippen LogP contribution in [0, 0.1) is 5.92 Å². The summed E-state index contributed by atoms with van der Waals surface area (Å²) in [6.07, 6.45) is 2.09. The van der Waals surface area contributed by atoms with Gasteiger partial charge in [0.25, 0.3) is 0 Å². The van der Waals surface area contributed by atoms with E-state index in [-0.39, 0.29) is 25.1 Å². The fraction of sp³-hybridized carbons (Fsp3) is 0.818. The van der Waals surface area contributed by atoms with E-state index < -0.39 is 5.97 Å². The molecule has 0 aromatic heterocycles. The standard InChI is InChI=1S/C11H20N2O4/c1-2-9-8(4-6-17-9)7-13-11(16)12-5-3-10(14)15/h8-9H,2-7H2,1H3,(H,14,15)(H2,12,13,16). The van der Waals surface area contributed by atoms with E-state index in [1.165, 1.54) is 0 Å². The van der Waals surface area contributed by atoms with E-state index in [0.29, 0.717) is 12.5 Å². The van der Waals surface area contributed by atoms with Gasteiger partial charge in [0.2, 0.25) is 0 Å². The Hall–Kier alpha value is -1.30. The minimum absolute atomic E-state index is 0.0580. The first-order chi connectivity index (χ1) is 8.13. The molecule has 17 heavy (non-hydrogen) atoms. The van der Waals surface area contributed by atoms with Gasteiger partial charge in [-0.25, -0.2) is 4.79 Å². The first-order valence-corrected chi connectivity index (χ1v) is 5.98. The number of carboxylic acid groups (broad SMARTS) is 1. The number of rotatable bonds is 6. The van der Waals surface area contributed by atoms with Crippen LogP contribution in [0.15, 0.2) is 0 Å². The van der Waals surface area contributed by atoms with Gasteiger partial charge in [-0.05, 0) is 12.8 Å². The van der Waals surface area contributed by atoms with Gasteiger partial charge in [0, 0.05) is 25.6 Å². The van der Waals surface area contributed by atoms with Gasteiger partial charge in [-0.2, -0.15) is 0 Å². The van der Waals surface area contributed by atoms with Crippen LogP contribution in [0.25, 0.3) is 0 Å². The van der Waals surface area contributed by atoms with Crippen molar-refractivity contribution in [3.63, 3.8) is 0 Å². The summed E-state index contributed by atoms with van der Waals surface area (Å²) in [6, 6.07) is -0.312. The molecule has 6 nitrogen and oxygen atoms in total. The number of amides is 2. The lowest BCUT2D eigenvalue weighted by atomic mass is 10.00. The summed E-state index contributed by atoms with van der Waals surface area (Å²) < 4.78 is 5.51. The van der Waals surface area contributed by atoms with Crippen LogP contribution < -0.4 is 10.6 Å². The highest BCUT2D eigenvalue weighted by atomic mass is 16.5. The monoisotopic (exact) mass is 244 g/mol. The van der Waals surface area contributed by atoms with Crippen LogP contribution in [-0.4, -0.2) is 42.9 Å². The molecule has 2 unspecified atom stereocenters. The molecule has 0 radical (unpaired) electrons. The summed E-state index contributed by atoms with van der Waals surface area (Å²) in [5.41, 5.74) is 0. The van der Waals surface area contributed by atoms with Crippen LogP contribution in [0.2, 0.25) is 0 Å². The average molecular weight is 244 g/mol. The molecule has 1 fully saturated rings. The number of urea groups is 1. The zero-order chi connectivity index (χ0) is 12.7. The van der Waals surface area contributed by atoms with Gasteiger partial charge in [-0.3, -0.25) is 4.79 Å². The number of nitrogens with one attached hydrogen (secondary N) is 2. The summed E-state index contributed by atoms with van der Waals surface area (Å²) in [4.78, 5) is 21.6. The van der Waals surface area contributed by atoms with Crippen LogP contribution in [0.4, 0.5) is 4.79 Å². The van der Waals surface area contributed by atoms with Crippen molar-refractivity contribution in [2.24, 2.45) is 5.92 Å². The third-order valence-corrected chi connectivity index (χ3v) is 2.90. The van der Waals surface area contributed by atoms with Gasteiger partial charge >= 0.3 is 12.0 Å². The average Bonchev–Trinajstić information content (AvgIpc) is 2.73. The van der Waals surface area contributed by atoms with Gasteiger partial charge in [-0.15, -0.1) is 0 Å². The Labute approximate surface area is 101 Å². The van der Waals surface area contributed by atoms with Gasteiger partial charge in [0.1, 0.15) is 0 Å². The van der Waals surface area contributed by atoms with Crippen molar-refractivity contribution in [3.05, 3.63) is 0 Å². The number of aliphatic carboxylic acids is 1. The minimum atomic E-state index is -0.916. The minimum Gasteiger partial charge on any atom is -0.481 e. The van der Waals surface area contributed by atoms with Gasteiger partial charge in [0.15, 0.2) is 0 Å². The third-order valence-electron chi connectivity index (χ3n) is 2.90. The van der Waals surface area contributed by atoms with Crippen molar-refractivity contribution < 1.29 is 19.4 Å². The Morgan fingerprint density at radius 3 is 2.82 bits per heavy atom. The normalized spacial score (nSPS) is 23.4. The van der Waals surface area contributed by atoms with E-state index >= 15 is 0 Å². The molecule has 0 bridgehead atoms. The topological polar surface area (TPSA) is 87.7 Å². The van der Waals surface area contributed by atoms with Crippen LogP contribution in [-0.2, 0) is 9.53 Å². The fourth-order valence-corrected chi connectivity index (χ4v) is 1.95. The number of hydrogen-bond acceptors (Lipinski definition) is 3. The molecule has 2 atom stereocenters. The molecule has 1 saturated heterocycles. The van der Waals surface area contributed by atoms with E-state index in [2.05, 4.69) is 17.6 Å². The van der Waals surface area contributed by atoms with Crippen LogP contribution in [0.3, 0.4) is 0 Å². The van der Waals surface area contributed by atoms with Crippen molar-refractivity contribution in [1.82, 2.24) is 10.6 Å². The van der Waals surface area contributed by atoms with Crippen molar-refractivity contribution >= 4 is 12.0 Å². The molecule has 1 rings (SSSR count). The third kappa shape index (κ3) is 5.04. The predicted molar refractivity (Wildman–Crippen MR) is 61.8 cm³/mol. The predicted octanol–water partition coefficient (Wildman–Crippen LogP) is 0.575. The SMILES string of the molecule is CCC1OCCC1CNC(=O)NCCC(=O)O. The van der Waals surface area contributed by atoms with Crippen molar-refractivity contribution in [3.8, 4) is 0 Å². The van der Waals surface area contributed by atoms with Gasteiger partial charge in [0.05, 0.1) is 12.5 Å². The molecule has 0 aromatic carbocycles. The number of carbonyl (C=O) groups excluding carboxylic acids is 1. The second-order valence-corrected chi connectivity index (χ2v) is 4.15. The Bertz CT molecular complexity index is 270. The molecule has 1 aliphatic rings. The second-order valence-electron chi connectivity index (χ2n) is 4.15. The Morgan fingerprint density at radius 1 is 1.41 bits per heavy atom. The zero-order valence-corrected chi connectivity index (χ0v) is 10.1. The summed E-state index contributed by atoms with van der Waals surface area (Å²) in [6.45, 7) is 3.55. The quantitative estimate of drug-likeness (QED) is 0.637. The van der Waals surface area contributed by atoms with Crippen LogP contribution >= 0.6 is 0 Å². The van der Waals surface area contributed by atoms with E-state index in [1.54, 1.807) is 0 Å². The molecule has 1 heterocycles. The maximum Gasteiger partial charge on any atom is 0.314 e.